The molecule has 2 aromatic carbocycles. The first-order valence-electron chi connectivity index (χ1n) is 6.25. The predicted molar refractivity (Wildman–Crippen MR) is 71.2 cm³/mol. The summed E-state index contributed by atoms with van der Waals surface area (Å²) in [4.78, 5) is 0. The highest BCUT2D eigenvalue weighted by Gasteiger charge is 2.13. The van der Waals surface area contributed by atoms with Crippen LogP contribution in [-0.2, 0) is 13.2 Å². The van der Waals surface area contributed by atoms with Crippen molar-refractivity contribution in [1.82, 2.24) is 0 Å². The van der Waals surface area contributed by atoms with E-state index in [0.717, 1.165) is 11.3 Å². The minimum absolute atomic E-state index is 0.239. The molecule has 2 N–H and O–H groups in total. The zero-order valence-corrected chi connectivity index (χ0v) is 10.8. The van der Waals surface area contributed by atoms with E-state index in [4.69, 9.17) is 19.9 Å². The van der Waals surface area contributed by atoms with E-state index in [-0.39, 0.29) is 19.2 Å². The standard InChI is InChI=1S/C15H14FNO3/c16-12-3-11(7-17)4-13(6-12)18-8-10-1-2-14-15(5-10)20-9-19-14/h1-6H,7-9,17H2. The van der Waals surface area contributed by atoms with Gasteiger partial charge in [0.1, 0.15) is 18.2 Å². The lowest BCUT2D eigenvalue weighted by Gasteiger charge is -2.08. The smallest absolute Gasteiger partial charge is 0.231 e. The fourth-order valence-corrected chi connectivity index (χ4v) is 2.02. The normalized spacial score (nSPS) is 12.5. The van der Waals surface area contributed by atoms with Crippen molar-refractivity contribution in [2.24, 2.45) is 5.73 Å². The summed E-state index contributed by atoms with van der Waals surface area (Å²) in [6, 6.07) is 10.0. The van der Waals surface area contributed by atoms with Gasteiger partial charge < -0.3 is 19.9 Å². The molecular weight excluding hydrogens is 261 g/mol. The fourth-order valence-electron chi connectivity index (χ4n) is 2.02. The van der Waals surface area contributed by atoms with Gasteiger partial charge in [-0.2, -0.15) is 0 Å². The second-order valence-electron chi connectivity index (χ2n) is 4.48. The van der Waals surface area contributed by atoms with Gasteiger partial charge in [0.05, 0.1) is 0 Å². The Morgan fingerprint density at radius 1 is 1.05 bits per heavy atom. The second-order valence-corrected chi connectivity index (χ2v) is 4.48. The van der Waals surface area contributed by atoms with Crippen LogP contribution in [0.3, 0.4) is 0 Å². The highest BCUT2D eigenvalue weighted by atomic mass is 19.1. The Labute approximate surface area is 115 Å². The van der Waals surface area contributed by atoms with E-state index in [0.29, 0.717) is 23.7 Å². The molecule has 0 fully saturated rings. The minimum atomic E-state index is -0.353. The maximum absolute atomic E-state index is 13.3. The zero-order valence-electron chi connectivity index (χ0n) is 10.8. The molecule has 5 heteroatoms. The van der Waals surface area contributed by atoms with Gasteiger partial charge in [-0.3, -0.25) is 0 Å². The fraction of sp³-hybridized carbons (Fsp3) is 0.200. The lowest BCUT2D eigenvalue weighted by atomic mass is 10.2. The first-order chi connectivity index (χ1) is 9.74. The van der Waals surface area contributed by atoms with Crippen LogP contribution in [0, 0.1) is 5.82 Å². The van der Waals surface area contributed by atoms with Crippen LogP contribution in [0.25, 0.3) is 0 Å². The third-order valence-corrected chi connectivity index (χ3v) is 3.01. The summed E-state index contributed by atoms with van der Waals surface area (Å²) in [7, 11) is 0. The van der Waals surface area contributed by atoms with Gasteiger partial charge in [0.25, 0.3) is 0 Å². The van der Waals surface area contributed by atoms with Crippen LogP contribution >= 0.6 is 0 Å². The summed E-state index contributed by atoms with van der Waals surface area (Å²) in [5, 5.41) is 0. The molecule has 1 heterocycles. The first kappa shape index (κ1) is 12.7. The van der Waals surface area contributed by atoms with Crippen LogP contribution in [0.2, 0.25) is 0 Å². The van der Waals surface area contributed by atoms with Gasteiger partial charge in [0.15, 0.2) is 11.5 Å². The van der Waals surface area contributed by atoms with E-state index in [1.54, 1.807) is 6.07 Å². The maximum Gasteiger partial charge on any atom is 0.231 e. The summed E-state index contributed by atoms with van der Waals surface area (Å²) in [5.74, 6) is 1.54. The largest absolute Gasteiger partial charge is 0.489 e. The zero-order chi connectivity index (χ0) is 13.9. The van der Waals surface area contributed by atoms with Gasteiger partial charge in [0.2, 0.25) is 6.79 Å². The number of nitrogens with two attached hydrogens (primary N) is 1. The van der Waals surface area contributed by atoms with Crippen molar-refractivity contribution in [3.05, 3.63) is 53.3 Å². The lowest BCUT2D eigenvalue weighted by Crippen LogP contribution is -2.00. The van der Waals surface area contributed by atoms with E-state index in [1.807, 2.05) is 18.2 Å². The van der Waals surface area contributed by atoms with Gasteiger partial charge in [-0.05, 0) is 35.4 Å². The molecule has 1 aliphatic rings. The van der Waals surface area contributed by atoms with Gasteiger partial charge in [0, 0.05) is 12.6 Å². The molecule has 2 aromatic rings. The summed E-state index contributed by atoms with van der Waals surface area (Å²) < 4.78 is 29.5. The molecule has 1 aliphatic heterocycles. The first-order valence-corrected chi connectivity index (χ1v) is 6.25. The molecule has 0 bridgehead atoms. The van der Waals surface area contributed by atoms with E-state index in [9.17, 15) is 4.39 Å². The molecule has 0 aromatic heterocycles. The number of benzene rings is 2. The average molecular weight is 275 g/mol. The Bertz CT molecular complexity index is 631. The van der Waals surface area contributed by atoms with E-state index in [2.05, 4.69) is 0 Å². The molecule has 0 aliphatic carbocycles. The molecule has 20 heavy (non-hydrogen) atoms. The summed E-state index contributed by atoms with van der Waals surface area (Å²) in [6.07, 6.45) is 0. The van der Waals surface area contributed by atoms with Crippen molar-refractivity contribution < 1.29 is 18.6 Å². The third kappa shape index (κ3) is 2.67. The Morgan fingerprint density at radius 2 is 1.90 bits per heavy atom. The number of fused-ring (bicyclic) bond motifs is 1. The lowest BCUT2D eigenvalue weighted by molar-refractivity contribution is 0.174. The van der Waals surface area contributed by atoms with E-state index >= 15 is 0 Å². The van der Waals surface area contributed by atoms with Gasteiger partial charge >= 0.3 is 0 Å². The number of ether oxygens (including phenoxy) is 3. The highest BCUT2D eigenvalue weighted by Crippen LogP contribution is 2.32. The monoisotopic (exact) mass is 275 g/mol. The topological polar surface area (TPSA) is 53.7 Å². The molecule has 0 spiro atoms. The van der Waals surface area contributed by atoms with Crippen LogP contribution in [0.1, 0.15) is 11.1 Å². The van der Waals surface area contributed by atoms with Crippen LogP contribution in [0.4, 0.5) is 4.39 Å². The Morgan fingerprint density at radius 3 is 2.75 bits per heavy atom. The van der Waals surface area contributed by atoms with Crippen LogP contribution in [0.5, 0.6) is 17.2 Å². The van der Waals surface area contributed by atoms with E-state index in [1.165, 1.54) is 12.1 Å². The molecule has 0 radical (unpaired) electrons. The maximum atomic E-state index is 13.3. The van der Waals surface area contributed by atoms with Crippen LogP contribution in [-0.4, -0.2) is 6.79 Å². The number of hydrogen-bond donors (Lipinski definition) is 1. The number of hydrogen-bond acceptors (Lipinski definition) is 4. The molecule has 104 valence electrons. The van der Waals surface area contributed by atoms with Crippen LogP contribution < -0.4 is 19.9 Å². The van der Waals surface area contributed by atoms with Crippen LogP contribution in [0.15, 0.2) is 36.4 Å². The van der Waals surface area contributed by atoms with Crippen molar-refractivity contribution in [3.8, 4) is 17.2 Å². The molecular formula is C15H14FNO3. The Kier molecular flexibility index (Phi) is 3.43. The number of rotatable bonds is 4. The SMILES string of the molecule is NCc1cc(F)cc(OCc2ccc3c(c2)OCO3)c1. The van der Waals surface area contributed by atoms with Crippen molar-refractivity contribution >= 4 is 0 Å². The predicted octanol–water partition coefficient (Wildman–Crippen LogP) is 2.59. The summed E-state index contributed by atoms with van der Waals surface area (Å²) in [6.45, 7) is 0.839. The highest BCUT2D eigenvalue weighted by molar-refractivity contribution is 5.44. The van der Waals surface area contributed by atoms with Crippen molar-refractivity contribution in [2.45, 2.75) is 13.2 Å². The molecule has 4 nitrogen and oxygen atoms in total. The third-order valence-electron chi connectivity index (χ3n) is 3.01. The Hall–Kier alpha value is -2.27. The second kappa shape index (κ2) is 5.38. The van der Waals surface area contributed by atoms with Gasteiger partial charge in [-0.15, -0.1) is 0 Å². The molecule has 0 atom stereocenters. The molecule has 0 amide bonds. The number of halogens is 1. The molecule has 0 unspecified atom stereocenters. The molecule has 3 rings (SSSR count). The Balaban J connectivity index is 1.71. The minimum Gasteiger partial charge on any atom is -0.489 e. The molecule has 0 saturated carbocycles. The van der Waals surface area contributed by atoms with Gasteiger partial charge in [-0.1, -0.05) is 6.07 Å². The quantitative estimate of drug-likeness (QED) is 0.931. The molecule has 0 saturated heterocycles. The van der Waals surface area contributed by atoms with Gasteiger partial charge in [-0.25, -0.2) is 4.39 Å². The summed E-state index contributed by atoms with van der Waals surface area (Å²) in [5.41, 5.74) is 7.13. The average Bonchev–Trinajstić information content (AvgIpc) is 2.92. The van der Waals surface area contributed by atoms with Crippen molar-refractivity contribution in [3.63, 3.8) is 0 Å². The van der Waals surface area contributed by atoms with Crippen molar-refractivity contribution in [1.29, 1.82) is 0 Å². The van der Waals surface area contributed by atoms with E-state index < -0.39 is 0 Å². The summed E-state index contributed by atoms with van der Waals surface area (Å²) >= 11 is 0. The van der Waals surface area contributed by atoms with Crippen molar-refractivity contribution in [2.75, 3.05) is 6.79 Å².